The minimum absolute atomic E-state index is 0.214. The molecule has 3 nitrogen and oxygen atoms in total. The van der Waals surface area contributed by atoms with E-state index in [4.69, 9.17) is 5.73 Å². The number of rotatable bonds is 4. The van der Waals surface area contributed by atoms with Gasteiger partial charge in [-0.25, -0.2) is 4.39 Å². The van der Waals surface area contributed by atoms with E-state index in [1.165, 1.54) is 18.2 Å². The van der Waals surface area contributed by atoms with Gasteiger partial charge in [-0.1, -0.05) is 18.3 Å². The number of halogens is 1. The number of carbonyl (C=O) groups excluding carboxylic acids is 1. The molecule has 0 radical (unpaired) electrons. The number of carbonyl (C=O) groups is 1. The number of nitrogens with one attached hydrogen (secondary N) is 1. The fourth-order valence-electron chi connectivity index (χ4n) is 1.03. The molecule has 0 atom stereocenters. The van der Waals surface area contributed by atoms with E-state index >= 15 is 0 Å². The number of nitrogens with two attached hydrogens (primary N) is 1. The first kappa shape index (κ1) is 11.6. The van der Waals surface area contributed by atoms with Gasteiger partial charge in [0.1, 0.15) is 5.82 Å². The Morgan fingerprint density at radius 3 is 2.80 bits per heavy atom. The molecule has 0 heterocycles. The summed E-state index contributed by atoms with van der Waals surface area (Å²) in [5, 5.41) is 2.54. The molecule has 1 aromatic carbocycles. The summed E-state index contributed by atoms with van der Waals surface area (Å²) in [6, 6.07) is 5.70. The van der Waals surface area contributed by atoms with Gasteiger partial charge in [0, 0.05) is 18.5 Å². The van der Waals surface area contributed by atoms with Gasteiger partial charge in [0.2, 0.25) is 5.91 Å². The first-order valence-corrected chi connectivity index (χ1v) is 4.82. The largest absolute Gasteiger partial charge is 0.393 e. The molecule has 0 unspecified atom stereocenters. The molecular weight excluding hydrogens is 215 g/mol. The molecule has 0 bridgehead atoms. The molecule has 0 saturated carbocycles. The van der Waals surface area contributed by atoms with Crippen molar-refractivity contribution in [2.45, 2.75) is 12.8 Å². The predicted molar refractivity (Wildman–Crippen MR) is 61.0 cm³/mol. The lowest BCUT2D eigenvalue weighted by atomic mass is 10.2. The molecule has 80 valence electrons. The summed E-state index contributed by atoms with van der Waals surface area (Å²) in [7, 11) is 0. The molecule has 1 amide bonds. The quantitative estimate of drug-likeness (QED) is 0.770. The van der Waals surface area contributed by atoms with Crippen molar-refractivity contribution in [2.24, 2.45) is 5.73 Å². The van der Waals surface area contributed by atoms with Crippen LogP contribution in [0.1, 0.15) is 12.8 Å². The number of hydrogen-bond acceptors (Lipinski definition) is 2. The minimum Gasteiger partial charge on any atom is -0.393 e. The van der Waals surface area contributed by atoms with Crippen LogP contribution < -0.4 is 11.1 Å². The second-order valence-electron chi connectivity index (χ2n) is 3.02. The highest BCUT2D eigenvalue weighted by Crippen LogP contribution is 2.09. The van der Waals surface area contributed by atoms with Crippen LogP contribution in [0.15, 0.2) is 24.3 Å². The minimum atomic E-state index is -0.387. The Bertz CT molecular complexity index is 381. The molecule has 0 aliphatic carbocycles. The van der Waals surface area contributed by atoms with E-state index in [1.807, 2.05) is 0 Å². The second kappa shape index (κ2) is 5.41. The SMILES string of the molecule is NC(=S)CCC(=O)Nc1cccc(F)c1. The van der Waals surface area contributed by atoms with Crippen molar-refractivity contribution in [1.29, 1.82) is 0 Å². The van der Waals surface area contributed by atoms with Crippen LogP contribution in [-0.4, -0.2) is 10.9 Å². The lowest BCUT2D eigenvalue weighted by Gasteiger charge is -2.04. The third-order valence-corrected chi connectivity index (χ3v) is 1.91. The summed E-state index contributed by atoms with van der Waals surface area (Å²) < 4.78 is 12.7. The average Bonchev–Trinajstić information content (AvgIpc) is 2.15. The highest BCUT2D eigenvalue weighted by Gasteiger charge is 2.03. The van der Waals surface area contributed by atoms with Gasteiger partial charge in [0.15, 0.2) is 0 Å². The van der Waals surface area contributed by atoms with Crippen LogP contribution in [0.25, 0.3) is 0 Å². The zero-order valence-electron chi connectivity index (χ0n) is 8.00. The summed E-state index contributed by atoms with van der Waals surface area (Å²) in [5.74, 6) is -0.615. The molecule has 0 spiro atoms. The van der Waals surface area contributed by atoms with Crippen LogP contribution >= 0.6 is 12.2 Å². The van der Waals surface area contributed by atoms with Gasteiger partial charge in [0.05, 0.1) is 4.99 Å². The standard InChI is InChI=1S/C10H11FN2OS/c11-7-2-1-3-8(6-7)13-10(14)5-4-9(12)15/h1-3,6H,4-5H2,(H2,12,15)(H,13,14). The van der Waals surface area contributed by atoms with E-state index in [9.17, 15) is 9.18 Å². The first-order valence-electron chi connectivity index (χ1n) is 4.41. The lowest BCUT2D eigenvalue weighted by molar-refractivity contribution is -0.116. The maximum absolute atomic E-state index is 12.7. The van der Waals surface area contributed by atoms with Crippen molar-refractivity contribution in [3.63, 3.8) is 0 Å². The predicted octanol–water partition coefficient (Wildman–Crippen LogP) is 1.83. The Morgan fingerprint density at radius 2 is 2.20 bits per heavy atom. The molecule has 1 aromatic rings. The van der Waals surface area contributed by atoms with Gasteiger partial charge < -0.3 is 11.1 Å². The smallest absolute Gasteiger partial charge is 0.224 e. The molecule has 0 aliphatic rings. The van der Waals surface area contributed by atoms with Gasteiger partial charge in [-0.3, -0.25) is 4.79 Å². The molecule has 15 heavy (non-hydrogen) atoms. The maximum atomic E-state index is 12.7. The highest BCUT2D eigenvalue weighted by atomic mass is 32.1. The van der Waals surface area contributed by atoms with Crippen LogP contribution in [-0.2, 0) is 4.79 Å². The summed E-state index contributed by atoms with van der Waals surface area (Å²) >= 11 is 4.64. The molecule has 5 heteroatoms. The van der Waals surface area contributed by atoms with Crippen molar-refractivity contribution in [3.8, 4) is 0 Å². The molecular formula is C10H11FN2OS. The van der Waals surface area contributed by atoms with E-state index in [2.05, 4.69) is 17.5 Å². The molecule has 0 saturated heterocycles. The number of hydrogen-bond donors (Lipinski definition) is 2. The van der Waals surface area contributed by atoms with Gasteiger partial charge in [0.25, 0.3) is 0 Å². The Morgan fingerprint density at radius 1 is 1.47 bits per heavy atom. The van der Waals surface area contributed by atoms with E-state index in [0.717, 1.165) is 0 Å². The highest BCUT2D eigenvalue weighted by molar-refractivity contribution is 7.80. The summed E-state index contributed by atoms with van der Waals surface area (Å²) in [4.78, 5) is 11.6. The Balaban J connectivity index is 2.48. The Hall–Kier alpha value is -1.49. The topological polar surface area (TPSA) is 55.1 Å². The van der Waals surface area contributed by atoms with Crippen LogP contribution in [0.2, 0.25) is 0 Å². The van der Waals surface area contributed by atoms with Crippen molar-refractivity contribution >= 4 is 28.8 Å². The number of anilines is 1. The molecule has 0 aromatic heterocycles. The van der Waals surface area contributed by atoms with Crippen LogP contribution in [0.3, 0.4) is 0 Å². The van der Waals surface area contributed by atoms with Crippen molar-refractivity contribution in [2.75, 3.05) is 5.32 Å². The second-order valence-corrected chi connectivity index (χ2v) is 3.55. The fraction of sp³-hybridized carbons (Fsp3) is 0.200. The zero-order valence-corrected chi connectivity index (χ0v) is 8.81. The molecule has 3 N–H and O–H groups in total. The molecule has 0 aliphatic heterocycles. The number of amides is 1. The Kier molecular flexibility index (Phi) is 4.17. The monoisotopic (exact) mass is 226 g/mol. The van der Waals surface area contributed by atoms with E-state index < -0.39 is 0 Å². The van der Waals surface area contributed by atoms with E-state index in [0.29, 0.717) is 17.1 Å². The van der Waals surface area contributed by atoms with Crippen molar-refractivity contribution in [3.05, 3.63) is 30.1 Å². The molecule has 1 rings (SSSR count). The van der Waals surface area contributed by atoms with Crippen LogP contribution in [0, 0.1) is 5.82 Å². The van der Waals surface area contributed by atoms with Gasteiger partial charge in [-0.15, -0.1) is 0 Å². The maximum Gasteiger partial charge on any atom is 0.224 e. The number of thiocarbonyl (C=S) groups is 1. The van der Waals surface area contributed by atoms with Crippen molar-refractivity contribution < 1.29 is 9.18 Å². The Labute approximate surface area is 92.5 Å². The normalized spacial score (nSPS) is 9.67. The third-order valence-electron chi connectivity index (χ3n) is 1.71. The van der Waals surface area contributed by atoms with Gasteiger partial charge >= 0.3 is 0 Å². The summed E-state index contributed by atoms with van der Waals surface area (Å²) in [5.41, 5.74) is 5.68. The molecule has 0 fully saturated rings. The third kappa shape index (κ3) is 4.51. The van der Waals surface area contributed by atoms with Gasteiger partial charge in [-0.05, 0) is 18.2 Å². The van der Waals surface area contributed by atoms with Crippen molar-refractivity contribution in [1.82, 2.24) is 0 Å². The number of benzene rings is 1. The summed E-state index contributed by atoms with van der Waals surface area (Å²) in [6.45, 7) is 0. The summed E-state index contributed by atoms with van der Waals surface area (Å²) in [6.07, 6.45) is 0.572. The average molecular weight is 226 g/mol. The zero-order chi connectivity index (χ0) is 11.3. The first-order chi connectivity index (χ1) is 7.08. The van der Waals surface area contributed by atoms with Gasteiger partial charge in [-0.2, -0.15) is 0 Å². The van der Waals surface area contributed by atoms with Crippen LogP contribution in [0.4, 0.5) is 10.1 Å². The fourth-order valence-corrected chi connectivity index (χ4v) is 1.13. The van der Waals surface area contributed by atoms with Crippen LogP contribution in [0.5, 0.6) is 0 Å². The van der Waals surface area contributed by atoms with E-state index in [1.54, 1.807) is 6.07 Å². The van der Waals surface area contributed by atoms with E-state index in [-0.39, 0.29) is 18.1 Å². The lowest BCUT2D eigenvalue weighted by Crippen LogP contribution is -2.16.